The van der Waals surface area contributed by atoms with Gasteiger partial charge in [-0.25, -0.2) is 0 Å². The van der Waals surface area contributed by atoms with Crippen LogP contribution in [0.1, 0.15) is 16.1 Å². The van der Waals surface area contributed by atoms with Crippen LogP contribution in [-0.4, -0.2) is 15.9 Å². The summed E-state index contributed by atoms with van der Waals surface area (Å²) in [5.74, 6) is -0.302. The number of halogens is 1. The van der Waals surface area contributed by atoms with Crippen LogP contribution in [0, 0.1) is 6.92 Å². The van der Waals surface area contributed by atoms with Crippen LogP contribution in [-0.2, 0) is 0 Å². The van der Waals surface area contributed by atoms with Gasteiger partial charge in [0.2, 0.25) is 0 Å². The van der Waals surface area contributed by atoms with Gasteiger partial charge in [-0.1, -0.05) is 29.8 Å². The van der Waals surface area contributed by atoms with Crippen molar-refractivity contribution in [3.63, 3.8) is 0 Å². The highest BCUT2D eigenvalue weighted by Crippen LogP contribution is 2.23. The van der Waals surface area contributed by atoms with E-state index in [0.29, 0.717) is 16.3 Å². The molecule has 0 unspecified atom stereocenters. The second kappa shape index (κ2) is 5.50. The number of anilines is 1. The van der Waals surface area contributed by atoms with Gasteiger partial charge in [0, 0.05) is 23.5 Å². The summed E-state index contributed by atoms with van der Waals surface area (Å²) in [5, 5.41) is 4.18. The van der Waals surface area contributed by atoms with Gasteiger partial charge in [0.05, 0.1) is 21.8 Å². The quantitative estimate of drug-likeness (QED) is 0.782. The maximum atomic E-state index is 12.3. The molecule has 0 radical (unpaired) electrons. The number of carbonyl (C=O) groups excluding carboxylic acids is 1. The first-order valence-electron chi connectivity index (χ1n) is 6.42. The highest BCUT2D eigenvalue weighted by molar-refractivity contribution is 6.34. The van der Waals surface area contributed by atoms with E-state index in [2.05, 4.69) is 15.3 Å². The van der Waals surface area contributed by atoms with Crippen molar-refractivity contribution in [2.24, 2.45) is 0 Å². The minimum Gasteiger partial charge on any atom is -0.320 e. The zero-order valence-electron chi connectivity index (χ0n) is 11.3. The number of hydrogen-bond donors (Lipinski definition) is 1. The van der Waals surface area contributed by atoms with Crippen molar-refractivity contribution < 1.29 is 4.79 Å². The number of nitrogens with one attached hydrogen (secondary N) is 1. The number of amides is 1. The summed E-state index contributed by atoms with van der Waals surface area (Å²) in [4.78, 5) is 20.7. The molecule has 3 rings (SSSR count). The van der Waals surface area contributed by atoms with Gasteiger partial charge in [0.15, 0.2) is 0 Å². The molecule has 0 spiro atoms. The zero-order chi connectivity index (χ0) is 14.8. The van der Waals surface area contributed by atoms with E-state index in [1.54, 1.807) is 12.3 Å². The van der Waals surface area contributed by atoms with E-state index in [1.165, 1.54) is 6.20 Å². The fraction of sp³-hybridized carbons (Fsp3) is 0.0625. The van der Waals surface area contributed by atoms with Gasteiger partial charge < -0.3 is 5.32 Å². The Balaban J connectivity index is 2.00. The summed E-state index contributed by atoms with van der Waals surface area (Å²) >= 11 is 6.01. The fourth-order valence-corrected chi connectivity index (χ4v) is 2.27. The third kappa shape index (κ3) is 2.71. The lowest BCUT2D eigenvalue weighted by atomic mass is 10.1. The van der Waals surface area contributed by atoms with Crippen molar-refractivity contribution in [1.29, 1.82) is 0 Å². The largest absolute Gasteiger partial charge is 0.320 e. The third-order valence-corrected chi connectivity index (χ3v) is 3.45. The number of benzene rings is 1. The van der Waals surface area contributed by atoms with Gasteiger partial charge in [-0.05, 0) is 25.1 Å². The minimum absolute atomic E-state index is 0.302. The third-order valence-electron chi connectivity index (χ3n) is 3.12. The van der Waals surface area contributed by atoms with Crippen molar-refractivity contribution in [3.05, 3.63) is 65.1 Å². The maximum absolute atomic E-state index is 12.3. The number of para-hydroxylation sites is 1. The molecule has 0 bridgehead atoms. The molecule has 0 aliphatic heterocycles. The van der Waals surface area contributed by atoms with Gasteiger partial charge in [0.1, 0.15) is 0 Å². The van der Waals surface area contributed by atoms with E-state index < -0.39 is 0 Å². The van der Waals surface area contributed by atoms with Crippen LogP contribution in [0.4, 0.5) is 5.69 Å². The normalized spacial score (nSPS) is 10.6. The zero-order valence-corrected chi connectivity index (χ0v) is 12.1. The van der Waals surface area contributed by atoms with Gasteiger partial charge in [0.25, 0.3) is 5.91 Å². The van der Waals surface area contributed by atoms with Gasteiger partial charge in [-0.3, -0.25) is 14.8 Å². The van der Waals surface area contributed by atoms with Gasteiger partial charge >= 0.3 is 0 Å². The Morgan fingerprint density at radius 3 is 2.86 bits per heavy atom. The SMILES string of the molecule is Cc1ccc2cccc(NC(=O)c3cnccc3Cl)c2n1. The molecule has 3 aromatic rings. The minimum atomic E-state index is -0.302. The van der Waals surface area contributed by atoms with E-state index >= 15 is 0 Å². The number of fused-ring (bicyclic) bond motifs is 1. The van der Waals surface area contributed by atoms with Crippen molar-refractivity contribution in [3.8, 4) is 0 Å². The Labute approximate surface area is 126 Å². The molecule has 0 saturated carbocycles. The Bertz CT molecular complexity index is 833. The molecule has 2 heterocycles. The number of hydrogen-bond acceptors (Lipinski definition) is 3. The van der Waals surface area contributed by atoms with Crippen molar-refractivity contribution in [1.82, 2.24) is 9.97 Å². The lowest BCUT2D eigenvalue weighted by Crippen LogP contribution is -2.13. The molecule has 1 amide bonds. The number of pyridine rings is 2. The van der Waals surface area contributed by atoms with Crippen LogP contribution < -0.4 is 5.32 Å². The van der Waals surface area contributed by atoms with Gasteiger partial charge in [-0.2, -0.15) is 0 Å². The predicted octanol–water partition coefficient (Wildman–Crippen LogP) is 3.84. The number of carbonyl (C=O) groups is 1. The lowest BCUT2D eigenvalue weighted by Gasteiger charge is -2.09. The standard InChI is InChI=1S/C16H12ClN3O/c1-10-5-6-11-3-2-4-14(15(11)19-10)20-16(21)12-9-18-8-7-13(12)17/h2-9H,1H3,(H,20,21). The van der Waals surface area contributed by atoms with Crippen molar-refractivity contribution in [2.45, 2.75) is 6.92 Å². The second-order valence-corrected chi connectivity index (χ2v) is 5.05. The molecule has 104 valence electrons. The Kier molecular flexibility index (Phi) is 3.54. The van der Waals surface area contributed by atoms with E-state index in [1.807, 2.05) is 37.3 Å². The number of aryl methyl sites for hydroxylation is 1. The van der Waals surface area contributed by atoms with Gasteiger partial charge in [-0.15, -0.1) is 0 Å². The number of nitrogens with zero attached hydrogens (tertiary/aromatic N) is 2. The average molecular weight is 298 g/mol. The molecule has 0 aliphatic carbocycles. The smallest absolute Gasteiger partial charge is 0.258 e. The number of rotatable bonds is 2. The topological polar surface area (TPSA) is 54.9 Å². The summed E-state index contributed by atoms with van der Waals surface area (Å²) in [6.07, 6.45) is 2.99. The second-order valence-electron chi connectivity index (χ2n) is 4.64. The molecular weight excluding hydrogens is 286 g/mol. The molecule has 4 nitrogen and oxygen atoms in total. The molecular formula is C16H12ClN3O. The van der Waals surface area contributed by atoms with Crippen LogP contribution in [0.5, 0.6) is 0 Å². The fourth-order valence-electron chi connectivity index (χ4n) is 2.08. The van der Waals surface area contributed by atoms with Crippen LogP contribution in [0.15, 0.2) is 48.8 Å². The molecule has 2 aromatic heterocycles. The first-order chi connectivity index (χ1) is 10.1. The van der Waals surface area contributed by atoms with Crippen LogP contribution in [0.25, 0.3) is 10.9 Å². The summed E-state index contributed by atoms with van der Waals surface area (Å²) in [6.45, 7) is 1.91. The molecule has 21 heavy (non-hydrogen) atoms. The lowest BCUT2D eigenvalue weighted by molar-refractivity contribution is 0.102. The monoisotopic (exact) mass is 297 g/mol. The highest BCUT2D eigenvalue weighted by Gasteiger charge is 2.12. The first kappa shape index (κ1) is 13.5. The summed E-state index contributed by atoms with van der Waals surface area (Å²) in [5.41, 5.74) is 2.64. The van der Waals surface area contributed by atoms with Crippen molar-refractivity contribution >= 4 is 34.1 Å². The first-order valence-corrected chi connectivity index (χ1v) is 6.80. The Morgan fingerprint density at radius 2 is 2.05 bits per heavy atom. The molecule has 0 fully saturated rings. The molecule has 1 aromatic carbocycles. The van der Waals surface area contributed by atoms with E-state index in [9.17, 15) is 4.79 Å². The molecule has 5 heteroatoms. The Morgan fingerprint density at radius 1 is 1.19 bits per heavy atom. The van der Waals surface area contributed by atoms with Crippen LogP contribution in [0.3, 0.4) is 0 Å². The number of aromatic nitrogens is 2. The molecule has 0 aliphatic rings. The summed E-state index contributed by atoms with van der Waals surface area (Å²) < 4.78 is 0. The maximum Gasteiger partial charge on any atom is 0.258 e. The van der Waals surface area contributed by atoms with Crippen molar-refractivity contribution in [2.75, 3.05) is 5.32 Å². The van der Waals surface area contributed by atoms with E-state index in [4.69, 9.17) is 11.6 Å². The summed E-state index contributed by atoms with van der Waals surface area (Å²) in [7, 11) is 0. The molecule has 0 atom stereocenters. The Hall–Kier alpha value is -2.46. The molecule has 0 saturated heterocycles. The van der Waals surface area contributed by atoms with E-state index in [-0.39, 0.29) is 5.91 Å². The molecule has 1 N–H and O–H groups in total. The van der Waals surface area contributed by atoms with Crippen LogP contribution >= 0.6 is 11.6 Å². The van der Waals surface area contributed by atoms with E-state index in [0.717, 1.165) is 16.6 Å². The predicted molar refractivity (Wildman–Crippen MR) is 83.7 cm³/mol. The highest BCUT2D eigenvalue weighted by atomic mass is 35.5. The summed E-state index contributed by atoms with van der Waals surface area (Å²) in [6, 6.07) is 11.1. The van der Waals surface area contributed by atoms with Crippen LogP contribution in [0.2, 0.25) is 5.02 Å². The average Bonchev–Trinajstić information content (AvgIpc) is 2.48.